The van der Waals surface area contributed by atoms with Crippen LogP contribution < -0.4 is 16.6 Å². The molecule has 0 saturated carbocycles. The summed E-state index contributed by atoms with van der Waals surface area (Å²) < 4.78 is 5.32. The topological polar surface area (TPSA) is 76.4 Å². The predicted octanol–water partition coefficient (Wildman–Crippen LogP) is 1.78. The summed E-state index contributed by atoms with van der Waals surface area (Å²) in [5.74, 6) is 5.57. The Morgan fingerprint density at radius 1 is 1.58 bits per heavy atom. The number of hydrazine groups is 1. The normalized spacial score (nSPS) is 20.1. The number of nitrogens with one attached hydrogen (secondary N) is 2. The van der Waals surface area contributed by atoms with Gasteiger partial charge >= 0.3 is 0 Å². The zero-order valence-corrected chi connectivity index (χ0v) is 11.5. The van der Waals surface area contributed by atoms with E-state index in [0.29, 0.717) is 28.8 Å². The van der Waals surface area contributed by atoms with Crippen LogP contribution >= 0.6 is 11.6 Å². The van der Waals surface area contributed by atoms with Gasteiger partial charge in [-0.25, -0.2) is 0 Å². The molecule has 104 valence electrons. The molecule has 1 aromatic carbocycles. The van der Waals surface area contributed by atoms with E-state index in [2.05, 4.69) is 10.7 Å². The molecule has 1 saturated heterocycles. The minimum Gasteiger partial charge on any atom is -0.381 e. The van der Waals surface area contributed by atoms with E-state index in [1.807, 2.05) is 6.92 Å². The molecule has 2 atom stereocenters. The summed E-state index contributed by atoms with van der Waals surface area (Å²) in [6, 6.07) is 5.02. The van der Waals surface area contributed by atoms with Crippen molar-refractivity contribution in [3.8, 4) is 0 Å². The maximum Gasteiger partial charge on any atom is 0.253 e. The van der Waals surface area contributed by atoms with E-state index < -0.39 is 0 Å². The number of hydrogen-bond donors (Lipinski definition) is 3. The smallest absolute Gasteiger partial charge is 0.253 e. The molecule has 4 N–H and O–H groups in total. The van der Waals surface area contributed by atoms with E-state index in [4.69, 9.17) is 22.2 Å². The Balaban J connectivity index is 2.08. The van der Waals surface area contributed by atoms with E-state index in [1.165, 1.54) is 0 Å². The summed E-state index contributed by atoms with van der Waals surface area (Å²) >= 11 is 5.91. The summed E-state index contributed by atoms with van der Waals surface area (Å²) in [6.07, 6.45) is 0.971. The lowest BCUT2D eigenvalue weighted by molar-refractivity contribution is 0.0923. The van der Waals surface area contributed by atoms with Gasteiger partial charge in [0.1, 0.15) is 0 Å². The van der Waals surface area contributed by atoms with E-state index in [9.17, 15) is 4.79 Å². The fourth-order valence-corrected chi connectivity index (χ4v) is 2.35. The Morgan fingerprint density at radius 2 is 2.37 bits per heavy atom. The Bertz CT molecular complexity index is 461. The highest BCUT2D eigenvalue weighted by Crippen LogP contribution is 2.21. The molecule has 1 aromatic rings. The van der Waals surface area contributed by atoms with Gasteiger partial charge in [-0.05, 0) is 31.5 Å². The Morgan fingerprint density at radius 3 is 3.00 bits per heavy atom. The SMILES string of the molecule is CC(NC(=O)c1cc(Cl)ccc1NN)C1CCOC1. The highest BCUT2D eigenvalue weighted by molar-refractivity contribution is 6.31. The van der Waals surface area contributed by atoms with Crippen LogP contribution in [-0.2, 0) is 4.74 Å². The maximum absolute atomic E-state index is 12.2. The molecule has 0 spiro atoms. The maximum atomic E-state index is 12.2. The van der Waals surface area contributed by atoms with Crippen LogP contribution in [-0.4, -0.2) is 25.2 Å². The number of carbonyl (C=O) groups is 1. The molecule has 1 aliphatic rings. The third-order valence-corrected chi connectivity index (χ3v) is 3.65. The summed E-state index contributed by atoms with van der Waals surface area (Å²) in [5.41, 5.74) is 3.50. The molecule has 6 heteroatoms. The van der Waals surface area contributed by atoms with Gasteiger partial charge in [-0.3, -0.25) is 10.6 Å². The highest BCUT2D eigenvalue weighted by Gasteiger charge is 2.24. The van der Waals surface area contributed by atoms with Crippen LogP contribution in [0.2, 0.25) is 5.02 Å². The number of nitrogen functional groups attached to an aromatic ring is 1. The van der Waals surface area contributed by atoms with Crippen LogP contribution in [0.4, 0.5) is 5.69 Å². The van der Waals surface area contributed by atoms with Gasteiger partial charge in [-0.2, -0.15) is 0 Å². The number of hydrogen-bond acceptors (Lipinski definition) is 4. The summed E-state index contributed by atoms with van der Waals surface area (Å²) in [4.78, 5) is 12.2. The summed E-state index contributed by atoms with van der Waals surface area (Å²) in [7, 11) is 0. The number of anilines is 1. The number of amides is 1. The Labute approximate surface area is 117 Å². The van der Waals surface area contributed by atoms with Crippen molar-refractivity contribution in [2.45, 2.75) is 19.4 Å². The molecule has 19 heavy (non-hydrogen) atoms. The van der Waals surface area contributed by atoms with Crippen molar-refractivity contribution in [3.63, 3.8) is 0 Å². The molecule has 1 fully saturated rings. The second-order valence-electron chi connectivity index (χ2n) is 4.72. The van der Waals surface area contributed by atoms with Crippen molar-refractivity contribution in [1.82, 2.24) is 5.32 Å². The van der Waals surface area contributed by atoms with Crippen molar-refractivity contribution in [2.75, 3.05) is 18.6 Å². The largest absolute Gasteiger partial charge is 0.381 e. The van der Waals surface area contributed by atoms with Crippen LogP contribution in [0.5, 0.6) is 0 Å². The molecule has 1 heterocycles. The number of halogens is 1. The second-order valence-corrected chi connectivity index (χ2v) is 5.16. The minimum atomic E-state index is -0.185. The average molecular weight is 284 g/mol. The first-order chi connectivity index (χ1) is 9.11. The molecule has 2 unspecified atom stereocenters. The van der Waals surface area contributed by atoms with E-state index >= 15 is 0 Å². The van der Waals surface area contributed by atoms with Gasteiger partial charge < -0.3 is 15.5 Å². The van der Waals surface area contributed by atoms with Crippen molar-refractivity contribution in [2.24, 2.45) is 11.8 Å². The third kappa shape index (κ3) is 3.37. The van der Waals surface area contributed by atoms with Gasteiger partial charge in [-0.15, -0.1) is 0 Å². The Hall–Kier alpha value is -1.30. The van der Waals surface area contributed by atoms with Crippen LogP contribution in [0.3, 0.4) is 0 Å². The van der Waals surface area contributed by atoms with Crippen LogP contribution in [0.25, 0.3) is 0 Å². The molecule has 1 amide bonds. The van der Waals surface area contributed by atoms with Gasteiger partial charge in [0.15, 0.2) is 0 Å². The summed E-state index contributed by atoms with van der Waals surface area (Å²) in [6.45, 7) is 3.44. The van der Waals surface area contributed by atoms with Gasteiger partial charge in [0.25, 0.3) is 5.91 Å². The number of benzene rings is 1. The van der Waals surface area contributed by atoms with Crippen LogP contribution in [0, 0.1) is 5.92 Å². The molecule has 0 aliphatic carbocycles. The minimum absolute atomic E-state index is 0.0552. The van der Waals surface area contributed by atoms with Crippen molar-refractivity contribution in [3.05, 3.63) is 28.8 Å². The molecular weight excluding hydrogens is 266 g/mol. The monoisotopic (exact) mass is 283 g/mol. The van der Waals surface area contributed by atoms with E-state index in [0.717, 1.165) is 13.0 Å². The van der Waals surface area contributed by atoms with Crippen LogP contribution in [0.15, 0.2) is 18.2 Å². The van der Waals surface area contributed by atoms with Crippen molar-refractivity contribution in [1.29, 1.82) is 0 Å². The number of ether oxygens (including phenoxy) is 1. The van der Waals surface area contributed by atoms with Gasteiger partial charge in [-0.1, -0.05) is 11.6 Å². The van der Waals surface area contributed by atoms with Crippen molar-refractivity contribution < 1.29 is 9.53 Å². The standard InChI is InChI=1S/C13H18ClN3O2/c1-8(9-4-5-19-7-9)16-13(18)11-6-10(14)2-3-12(11)17-15/h2-3,6,8-9,17H,4-5,7,15H2,1H3,(H,16,18). The lowest BCUT2D eigenvalue weighted by Crippen LogP contribution is -2.38. The first kappa shape index (κ1) is 14.1. The molecule has 2 rings (SSSR count). The first-order valence-electron chi connectivity index (χ1n) is 6.26. The molecule has 0 aromatic heterocycles. The lowest BCUT2D eigenvalue weighted by Gasteiger charge is -2.20. The number of rotatable bonds is 4. The third-order valence-electron chi connectivity index (χ3n) is 3.41. The van der Waals surface area contributed by atoms with Gasteiger partial charge in [0, 0.05) is 23.6 Å². The first-order valence-corrected chi connectivity index (χ1v) is 6.64. The molecule has 0 radical (unpaired) electrons. The van der Waals surface area contributed by atoms with Gasteiger partial charge in [0.05, 0.1) is 17.9 Å². The summed E-state index contributed by atoms with van der Waals surface area (Å²) in [5, 5.41) is 3.47. The second kappa shape index (κ2) is 6.23. The molecule has 0 bridgehead atoms. The zero-order valence-electron chi connectivity index (χ0n) is 10.8. The van der Waals surface area contributed by atoms with Crippen LogP contribution in [0.1, 0.15) is 23.7 Å². The number of carbonyl (C=O) groups excluding carboxylic acids is 1. The zero-order chi connectivity index (χ0) is 13.8. The Kier molecular flexibility index (Phi) is 4.63. The molecular formula is C13H18ClN3O2. The van der Waals surface area contributed by atoms with Crippen molar-refractivity contribution >= 4 is 23.2 Å². The van der Waals surface area contributed by atoms with Gasteiger partial charge in [0.2, 0.25) is 0 Å². The molecule has 5 nitrogen and oxygen atoms in total. The highest BCUT2D eigenvalue weighted by atomic mass is 35.5. The fraction of sp³-hybridized carbons (Fsp3) is 0.462. The number of nitrogens with two attached hydrogens (primary N) is 1. The molecule has 1 aliphatic heterocycles. The van der Waals surface area contributed by atoms with E-state index in [-0.39, 0.29) is 11.9 Å². The average Bonchev–Trinajstić information content (AvgIpc) is 2.92. The van der Waals surface area contributed by atoms with E-state index in [1.54, 1.807) is 18.2 Å². The fourth-order valence-electron chi connectivity index (χ4n) is 2.18. The quantitative estimate of drug-likeness (QED) is 0.581. The predicted molar refractivity (Wildman–Crippen MR) is 75.1 cm³/mol. The lowest BCUT2D eigenvalue weighted by atomic mass is 10.0.